The first-order valence-electron chi connectivity index (χ1n) is 11.5. The average Bonchev–Trinajstić information content (AvgIpc) is 3.44. The third kappa shape index (κ3) is 4.73. The number of amides is 1. The Bertz CT molecular complexity index is 1290. The lowest BCUT2D eigenvalue weighted by atomic mass is 10.0. The summed E-state index contributed by atoms with van der Waals surface area (Å²) in [5, 5.41) is 1.05. The van der Waals surface area contributed by atoms with E-state index in [0.717, 1.165) is 46.4 Å². The molecule has 1 N–H and O–H groups in total. The molecule has 1 amide bonds. The van der Waals surface area contributed by atoms with E-state index in [1.165, 1.54) is 17.4 Å². The summed E-state index contributed by atoms with van der Waals surface area (Å²) < 4.78 is 15.2. The molecule has 8 heteroatoms. The first-order chi connectivity index (χ1) is 16.5. The summed E-state index contributed by atoms with van der Waals surface area (Å²) in [7, 11) is 0. The van der Waals surface area contributed by atoms with Crippen LogP contribution < -0.4 is 0 Å². The van der Waals surface area contributed by atoms with E-state index < -0.39 is 0 Å². The highest BCUT2D eigenvalue weighted by Gasteiger charge is 2.34. The fourth-order valence-corrected chi connectivity index (χ4v) is 5.75. The van der Waals surface area contributed by atoms with Gasteiger partial charge in [0.2, 0.25) is 5.91 Å². The molecular formula is C26H26ClFN4OS. The van der Waals surface area contributed by atoms with Crippen molar-refractivity contribution in [2.24, 2.45) is 0 Å². The molecule has 1 aliphatic heterocycles. The Hall–Kier alpha value is -2.74. The molecule has 1 fully saturated rings. The number of carbonyl (C=O) groups excluding carboxylic acids is 1. The summed E-state index contributed by atoms with van der Waals surface area (Å²) in [6.45, 7) is 4.69. The quantitative estimate of drug-likeness (QED) is 0.336. The molecule has 0 spiro atoms. The average molecular weight is 497 g/mol. The number of aromatic nitrogens is 2. The van der Waals surface area contributed by atoms with Gasteiger partial charge in [-0.2, -0.15) is 0 Å². The number of benzene rings is 1. The highest BCUT2D eigenvalue weighted by atomic mass is 35.5. The third-order valence-corrected chi connectivity index (χ3v) is 7.61. The number of halogens is 2. The van der Waals surface area contributed by atoms with Crippen LogP contribution in [0, 0.1) is 5.82 Å². The van der Waals surface area contributed by atoms with Crippen LogP contribution in [0.2, 0.25) is 4.34 Å². The van der Waals surface area contributed by atoms with E-state index in [1.54, 1.807) is 12.3 Å². The number of hydrogen-bond donors (Lipinski definition) is 1. The van der Waals surface area contributed by atoms with Crippen molar-refractivity contribution in [2.45, 2.75) is 38.9 Å². The molecule has 0 unspecified atom stereocenters. The van der Waals surface area contributed by atoms with Crippen LogP contribution in [0.5, 0.6) is 0 Å². The number of nitrogens with one attached hydrogen (secondary N) is 1. The molecule has 34 heavy (non-hydrogen) atoms. The maximum absolute atomic E-state index is 14.5. The molecule has 0 aliphatic carbocycles. The molecule has 4 heterocycles. The van der Waals surface area contributed by atoms with Crippen LogP contribution in [-0.2, 0) is 17.9 Å². The smallest absolute Gasteiger partial charge is 0.240 e. The zero-order valence-corrected chi connectivity index (χ0v) is 20.5. The van der Waals surface area contributed by atoms with Crippen molar-refractivity contribution in [2.75, 3.05) is 13.1 Å². The second-order valence-corrected chi connectivity index (χ2v) is 10.4. The molecule has 1 aliphatic rings. The van der Waals surface area contributed by atoms with Gasteiger partial charge in [-0.1, -0.05) is 31.0 Å². The van der Waals surface area contributed by atoms with Gasteiger partial charge < -0.3 is 9.88 Å². The lowest BCUT2D eigenvalue weighted by Crippen LogP contribution is -2.56. The zero-order valence-electron chi connectivity index (χ0n) is 18.9. The van der Waals surface area contributed by atoms with Gasteiger partial charge in [0.15, 0.2) is 0 Å². The molecule has 1 saturated heterocycles. The molecule has 3 aromatic heterocycles. The summed E-state index contributed by atoms with van der Waals surface area (Å²) >= 11 is 7.43. The first kappa shape index (κ1) is 23.0. The molecule has 4 aromatic rings. The Morgan fingerprint density at radius 1 is 1.18 bits per heavy atom. The van der Waals surface area contributed by atoms with Gasteiger partial charge in [0, 0.05) is 59.1 Å². The summed E-state index contributed by atoms with van der Waals surface area (Å²) in [4.78, 5) is 26.0. The number of aromatic amines is 1. The SMILES string of the molecule is CCC[C@H]1C(=O)N(Cc2cc3cnccc3[nH]2)CCN1Cc1ccc(F)c(-c2ccc(Cl)s2)c1. The first-order valence-corrected chi connectivity index (χ1v) is 12.7. The molecule has 176 valence electrons. The summed E-state index contributed by atoms with van der Waals surface area (Å²) in [5.41, 5.74) is 3.59. The summed E-state index contributed by atoms with van der Waals surface area (Å²) in [6.07, 6.45) is 5.30. The number of fused-ring (bicyclic) bond motifs is 1. The predicted octanol–water partition coefficient (Wildman–Crippen LogP) is 6.10. The Labute approximate surface area is 207 Å². The molecule has 5 nitrogen and oxygen atoms in total. The standard InChI is InChI=1S/C26H26ClFN4OS/c1-2-3-23-26(33)32(16-19-13-18-14-29-9-8-22(18)30-19)11-10-31(23)15-17-4-5-21(28)20(12-17)24-6-7-25(27)34-24/h4-9,12-14,23,30H,2-3,10-11,15-16H2,1H3/t23-/m0/s1. The van der Waals surface area contributed by atoms with Gasteiger partial charge in [-0.25, -0.2) is 4.39 Å². The number of piperazine rings is 1. The maximum atomic E-state index is 14.5. The van der Waals surface area contributed by atoms with E-state index in [9.17, 15) is 9.18 Å². The zero-order chi connectivity index (χ0) is 23.7. The number of carbonyl (C=O) groups is 1. The van der Waals surface area contributed by atoms with E-state index in [4.69, 9.17) is 11.6 Å². The number of nitrogens with zero attached hydrogens (tertiary/aromatic N) is 3. The van der Waals surface area contributed by atoms with Crippen molar-refractivity contribution in [3.8, 4) is 10.4 Å². The monoisotopic (exact) mass is 496 g/mol. The van der Waals surface area contributed by atoms with Crippen LogP contribution in [0.25, 0.3) is 21.3 Å². The van der Waals surface area contributed by atoms with Crippen molar-refractivity contribution in [3.63, 3.8) is 0 Å². The van der Waals surface area contributed by atoms with Crippen LogP contribution in [-0.4, -0.2) is 44.8 Å². The van der Waals surface area contributed by atoms with E-state index in [-0.39, 0.29) is 17.8 Å². The lowest BCUT2D eigenvalue weighted by molar-refractivity contribution is -0.143. The minimum atomic E-state index is -0.262. The Balaban J connectivity index is 1.33. The fraction of sp³-hybridized carbons (Fsp3) is 0.308. The van der Waals surface area contributed by atoms with E-state index in [2.05, 4.69) is 27.9 Å². The number of hydrogen-bond acceptors (Lipinski definition) is 4. The van der Waals surface area contributed by atoms with Gasteiger partial charge in [-0.3, -0.25) is 14.7 Å². The number of rotatable bonds is 7. The topological polar surface area (TPSA) is 52.2 Å². The molecule has 1 atom stereocenters. The Kier molecular flexibility index (Phi) is 6.68. The van der Waals surface area contributed by atoms with Crippen LogP contribution in [0.1, 0.15) is 31.0 Å². The van der Waals surface area contributed by atoms with E-state index in [0.29, 0.717) is 29.5 Å². The number of H-pyrrole nitrogens is 1. The maximum Gasteiger partial charge on any atom is 0.240 e. The fourth-order valence-electron chi connectivity index (χ4n) is 4.68. The molecule has 1 aromatic carbocycles. The van der Waals surface area contributed by atoms with Crippen molar-refractivity contribution in [1.29, 1.82) is 0 Å². The van der Waals surface area contributed by atoms with Gasteiger partial charge >= 0.3 is 0 Å². The van der Waals surface area contributed by atoms with Crippen molar-refractivity contribution >= 4 is 39.7 Å². The predicted molar refractivity (Wildman–Crippen MR) is 135 cm³/mol. The second kappa shape index (κ2) is 9.86. The largest absolute Gasteiger partial charge is 0.357 e. The van der Waals surface area contributed by atoms with Crippen LogP contribution in [0.15, 0.2) is 54.9 Å². The second-order valence-electron chi connectivity index (χ2n) is 8.71. The Morgan fingerprint density at radius 3 is 2.82 bits per heavy atom. The van der Waals surface area contributed by atoms with Gasteiger partial charge in [-0.15, -0.1) is 11.3 Å². The Morgan fingerprint density at radius 2 is 2.06 bits per heavy atom. The van der Waals surface area contributed by atoms with Gasteiger partial charge in [-0.05, 0) is 48.4 Å². The lowest BCUT2D eigenvalue weighted by Gasteiger charge is -2.40. The summed E-state index contributed by atoms with van der Waals surface area (Å²) in [5.74, 6) is -0.112. The van der Waals surface area contributed by atoms with E-state index in [1.807, 2.05) is 35.4 Å². The van der Waals surface area contributed by atoms with Crippen molar-refractivity contribution in [1.82, 2.24) is 19.8 Å². The minimum Gasteiger partial charge on any atom is -0.357 e. The van der Waals surface area contributed by atoms with Gasteiger partial charge in [0.25, 0.3) is 0 Å². The highest BCUT2D eigenvalue weighted by molar-refractivity contribution is 7.19. The highest BCUT2D eigenvalue weighted by Crippen LogP contribution is 2.33. The van der Waals surface area contributed by atoms with Crippen molar-refractivity contribution in [3.05, 3.63) is 76.3 Å². The molecule has 0 radical (unpaired) electrons. The van der Waals surface area contributed by atoms with Crippen LogP contribution in [0.4, 0.5) is 4.39 Å². The normalized spacial score (nSPS) is 17.1. The van der Waals surface area contributed by atoms with Gasteiger partial charge in [0.1, 0.15) is 5.82 Å². The molecule has 5 rings (SSSR count). The summed E-state index contributed by atoms with van der Waals surface area (Å²) in [6, 6.07) is 12.7. The molecule has 0 saturated carbocycles. The third-order valence-electron chi connectivity index (χ3n) is 6.35. The molecule has 0 bridgehead atoms. The molecular weight excluding hydrogens is 471 g/mol. The van der Waals surface area contributed by atoms with Gasteiger partial charge in [0.05, 0.1) is 16.9 Å². The van der Waals surface area contributed by atoms with E-state index >= 15 is 0 Å². The van der Waals surface area contributed by atoms with Crippen molar-refractivity contribution < 1.29 is 9.18 Å². The van der Waals surface area contributed by atoms with Crippen LogP contribution in [0.3, 0.4) is 0 Å². The number of pyridine rings is 1. The number of thiophene rings is 1. The minimum absolute atomic E-state index is 0.150. The van der Waals surface area contributed by atoms with Crippen LogP contribution >= 0.6 is 22.9 Å².